The highest BCUT2D eigenvalue weighted by molar-refractivity contribution is 5.77. The molecule has 7 heteroatoms. The standard InChI is InChI=1S/C24H31N3O4/c28-21(17-26-10-9-19-5-1-2-6-20(19)16-26)15-25-24(29)18-31-23-8-4-3-7-22(23)27-11-13-30-14-12-27/h1-8,21,28H,9-18H2,(H,25,29). The number of hydrogen-bond donors (Lipinski definition) is 2. The number of amides is 1. The fourth-order valence-corrected chi connectivity index (χ4v) is 4.14. The van der Waals surface area contributed by atoms with Gasteiger partial charge in [0.25, 0.3) is 5.91 Å². The highest BCUT2D eigenvalue weighted by Gasteiger charge is 2.19. The summed E-state index contributed by atoms with van der Waals surface area (Å²) in [6.45, 7) is 5.42. The van der Waals surface area contributed by atoms with Gasteiger partial charge in [-0.25, -0.2) is 0 Å². The molecule has 0 spiro atoms. The number of ether oxygens (including phenoxy) is 2. The van der Waals surface area contributed by atoms with Gasteiger partial charge in [0.1, 0.15) is 5.75 Å². The molecule has 0 saturated carbocycles. The molecule has 31 heavy (non-hydrogen) atoms. The first-order valence-electron chi connectivity index (χ1n) is 11.0. The van der Waals surface area contributed by atoms with Crippen molar-refractivity contribution < 1.29 is 19.4 Å². The smallest absolute Gasteiger partial charge is 0.258 e. The number of aliphatic hydroxyl groups excluding tert-OH is 1. The summed E-state index contributed by atoms with van der Waals surface area (Å²) in [6.07, 6.45) is 0.376. The van der Waals surface area contributed by atoms with Gasteiger partial charge >= 0.3 is 0 Å². The van der Waals surface area contributed by atoms with Crippen LogP contribution < -0.4 is 15.0 Å². The van der Waals surface area contributed by atoms with Crippen molar-refractivity contribution in [3.8, 4) is 5.75 Å². The normalized spacial score (nSPS) is 17.6. The molecule has 0 bridgehead atoms. The molecule has 1 amide bonds. The second-order valence-corrected chi connectivity index (χ2v) is 8.07. The maximum Gasteiger partial charge on any atom is 0.258 e. The number of benzene rings is 2. The molecule has 1 atom stereocenters. The van der Waals surface area contributed by atoms with Gasteiger partial charge in [0.15, 0.2) is 6.61 Å². The van der Waals surface area contributed by atoms with E-state index in [9.17, 15) is 9.90 Å². The molecule has 1 unspecified atom stereocenters. The van der Waals surface area contributed by atoms with Gasteiger partial charge in [-0.1, -0.05) is 36.4 Å². The molecule has 2 aromatic carbocycles. The fraction of sp³-hybridized carbons (Fsp3) is 0.458. The van der Waals surface area contributed by atoms with E-state index in [4.69, 9.17) is 9.47 Å². The summed E-state index contributed by atoms with van der Waals surface area (Å²) in [5.74, 6) is 0.451. The lowest BCUT2D eigenvalue weighted by molar-refractivity contribution is -0.123. The summed E-state index contributed by atoms with van der Waals surface area (Å²) in [7, 11) is 0. The number of aliphatic hydroxyl groups is 1. The minimum atomic E-state index is -0.616. The Bertz CT molecular complexity index is 869. The number of morpholine rings is 1. The number of rotatable bonds is 8. The van der Waals surface area contributed by atoms with E-state index < -0.39 is 6.10 Å². The van der Waals surface area contributed by atoms with E-state index in [1.165, 1.54) is 11.1 Å². The van der Waals surface area contributed by atoms with Crippen LogP contribution in [-0.4, -0.2) is 74.6 Å². The van der Waals surface area contributed by atoms with Gasteiger partial charge in [0.05, 0.1) is 25.0 Å². The van der Waals surface area contributed by atoms with Gasteiger partial charge in [-0.2, -0.15) is 0 Å². The van der Waals surface area contributed by atoms with Crippen molar-refractivity contribution in [3.05, 3.63) is 59.7 Å². The molecule has 0 aromatic heterocycles. The van der Waals surface area contributed by atoms with Crippen molar-refractivity contribution in [2.24, 2.45) is 0 Å². The number of β-amino-alcohol motifs (C(OH)–C–C–N with tert-alkyl or cyclic N) is 1. The third kappa shape index (κ3) is 5.97. The summed E-state index contributed by atoms with van der Waals surface area (Å²) >= 11 is 0. The molecule has 4 rings (SSSR count). The molecule has 2 heterocycles. The largest absolute Gasteiger partial charge is 0.482 e. The zero-order chi connectivity index (χ0) is 21.5. The molecule has 1 saturated heterocycles. The number of anilines is 1. The number of para-hydroxylation sites is 2. The second-order valence-electron chi connectivity index (χ2n) is 8.07. The van der Waals surface area contributed by atoms with E-state index in [1.807, 2.05) is 24.3 Å². The summed E-state index contributed by atoms with van der Waals surface area (Å²) in [5.41, 5.74) is 3.68. The van der Waals surface area contributed by atoms with Crippen molar-refractivity contribution in [1.29, 1.82) is 0 Å². The van der Waals surface area contributed by atoms with Crippen LogP contribution in [-0.2, 0) is 22.5 Å². The molecule has 2 N–H and O–H groups in total. The van der Waals surface area contributed by atoms with Crippen molar-refractivity contribution in [1.82, 2.24) is 10.2 Å². The minimum Gasteiger partial charge on any atom is -0.482 e. The summed E-state index contributed by atoms with van der Waals surface area (Å²) in [5, 5.41) is 13.2. The van der Waals surface area contributed by atoms with Crippen LogP contribution in [0.25, 0.3) is 0 Å². The highest BCUT2D eigenvalue weighted by atomic mass is 16.5. The first-order valence-corrected chi connectivity index (χ1v) is 11.0. The maximum absolute atomic E-state index is 12.3. The zero-order valence-electron chi connectivity index (χ0n) is 17.8. The van der Waals surface area contributed by atoms with Gasteiger partial charge in [0.2, 0.25) is 0 Å². The number of carbonyl (C=O) groups excluding carboxylic acids is 1. The van der Waals surface area contributed by atoms with E-state index in [-0.39, 0.29) is 19.1 Å². The molecule has 1 fully saturated rings. The molecule has 0 radical (unpaired) electrons. The molecular weight excluding hydrogens is 394 g/mol. The van der Waals surface area contributed by atoms with Crippen molar-refractivity contribution in [2.75, 3.05) is 57.4 Å². The quantitative estimate of drug-likeness (QED) is 0.667. The third-order valence-electron chi connectivity index (χ3n) is 5.79. The van der Waals surface area contributed by atoms with Crippen LogP contribution in [0.1, 0.15) is 11.1 Å². The van der Waals surface area contributed by atoms with Gasteiger partial charge in [-0.3, -0.25) is 9.69 Å². The molecular formula is C24H31N3O4. The molecule has 2 aromatic rings. The first-order chi connectivity index (χ1) is 15.2. The maximum atomic E-state index is 12.3. The van der Waals surface area contributed by atoms with Crippen LogP contribution in [0, 0.1) is 0 Å². The van der Waals surface area contributed by atoms with Crippen molar-refractivity contribution >= 4 is 11.6 Å². The van der Waals surface area contributed by atoms with Gasteiger partial charge in [-0.05, 0) is 29.7 Å². The summed E-state index contributed by atoms with van der Waals surface area (Å²) < 4.78 is 11.2. The number of fused-ring (bicyclic) bond motifs is 1. The van der Waals surface area contributed by atoms with E-state index in [1.54, 1.807) is 0 Å². The number of nitrogens with zero attached hydrogens (tertiary/aromatic N) is 2. The second kappa shape index (κ2) is 10.6. The average molecular weight is 426 g/mol. The Morgan fingerprint density at radius 2 is 1.81 bits per heavy atom. The Morgan fingerprint density at radius 1 is 1.06 bits per heavy atom. The van der Waals surface area contributed by atoms with Crippen LogP contribution in [0.2, 0.25) is 0 Å². The van der Waals surface area contributed by atoms with Crippen molar-refractivity contribution in [2.45, 2.75) is 19.1 Å². The van der Waals surface area contributed by atoms with Crippen molar-refractivity contribution in [3.63, 3.8) is 0 Å². The first kappa shape index (κ1) is 21.6. The fourth-order valence-electron chi connectivity index (χ4n) is 4.14. The number of hydrogen-bond acceptors (Lipinski definition) is 6. The number of nitrogens with one attached hydrogen (secondary N) is 1. The van der Waals surface area contributed by atoms with Gasteiger partial charge in [-0.15, -0.1) is 0 Å². The lowest BCUT2D eigenvalue weighted by Gasteiger charge is -2.30. The predicted octanol–water partition coefficient (Wildman–Crippen LogP) is 1.44. The molecule has 7 nitrogen and oxygen atoms in total. The van der Waals surface area contributed by atoms with E-state index in [0.29, 0.717) is 25.5 Å². The molecule has 2 aliphatic heterocycles. The SMILES string of the molecule is O=C(COc1ccccc1N1CCOCC1)NCC(O)CN1CCc2ccccc2C1. The highest BCUT2D eigenvalue weighted by Crippen LogP contribution is 2.28. The summed E-state index contributed by atoms with van der Waals surface area (Å²) in [6, 6.07) is 16.2. The van der Waals surface area contributed by atoms with Crippen LogP contribution in [0.3, 0.4) is 0 Å². The molecule has 2 aliphatic rings. The Labute approximate surface area is 183 Å². The topological polar surface area (TPSA) is 74.3 Å². The van der Waals surface area contributed by atoms with E-state index in [2.05, 4.69) is 39.4 Å². The number of carbonyl (C=O) groups is 1. The molecule has 0 aliphatic carbocycles. The summed E-state index contributed by atoms with van der Waals surface area (Å²) in [4.78, 5) is 16.7. The minimum absolute atomic E-state index is 0.0782. The van der Waals surface area contributed by atoms with Crippen LogP contribution >= 0.6 is 0 Å². The Balaban J connectivity index is 1.20. The Kier molecular flexibility index (Phi) is 7.40. The lowest BCUT2D eigenvalue weighted by Crippen LogP contribution is -2.43. The van der Waals surface area contributed by atoms with Gasteiger partial charge < -0.3 is 24.8 Å². The third-order valence-corrected chi connectivity index (χ3v) is 5.79. The predicted molar refractivity (Wildman–Crippen MR) is 119 cm³/mol. The van der Waals surface area contributed by atoms with Crippen LogP contribution in [0.4, 0.5) is 5.69 Å². The van der Waals surface area contributed by atoms with Gasteiger partial charge in [0, 0.05) is 39.3 Å². The Hall–Kier alpha value is -2.61. The van der Waals surface area contributed by atoms with E-state index in [0.717, 1.165) is 38.3 Å². The van der Waals surface area contributed by atoms with Crippen LogP contribution in [0.15, 0.2) is 48.5 Å². The van der Waals surface area contributed by atoms with Crippen LogP contribution in [0.5, 0.6) is 5.75 Å². The zero-order valence-corrected chi connectivity index (χ0v) is 17.8. The lowest BCUT2D eigenvalue weighted by atomic mass is 10.00. The molecule has 166 valence electrons. The van der Waals surface area contributed by atoms with E-state index >= 15 is 0 Å². The average Bonchev–Trinajstić information content (AvgIpc) is 2.82. The monoisotopic (exact) mass is 425 g/mol. The Morgan fingerprint density at radius 3 is 2.65 bits per heavy atom.